The van der Waals surface area contributed by atoms with Crippen LogP contribution in [0.3, 0.4) is 0 Å². The molecule has 0 saturated carbocycles. The molecule has 0 atom stereocenters. The second-order valence-corrected chi connectivity index (χ2v) is 6.33. The Morgan fingerprint density at radius 1 is 1.41 bits per heavy atom. The molecule has 2 N–H and O–H groups in total. The van der Waals surface area contributed by atoms with Crippen molar-refractivity contribution in [3.63, 3.8) is 0 Å². The van der Waals surface area contributed by atoms with Gasteiger partial charge in [-0.1, -0.05) is 11.6 Å². The first-order valence-corrected chi connectivity index (χ1v) is 8.34. The molecule has 1 saturated heterocycles. The van der Waals surface area contributed by atoms with E-state index in [1.54, 1.807) is 0 Å². The van der Waals surface area contributed by atoms with Crippen LogP contribution in [-0.2, 0) is 4.79 Å². The molecule has 1 aromatic rings. The Morgan fingerprint density at radius 3 is 2.77 bits per heavy atom. The Bertz CT molecular complexity index is 499. The lowest BCUT2D eigenvalue weighted by Crippen LogP contribution is -2.40. The lowest BCUT2D eigenvalue weighted by Gasteiger charge is -2.31. The zero-order valence-corrected chi connectivity index (χ0v) is 13.9. The van der Waals surface area contributed by atoms with Crippen LogP contribution in [0.5, 0.6) is 5.75 Å². The molecule has 1 fully saturated rings. The molecule has 0 aliphatic carbocycles. The lowest BCUT2D eigenvalue weighted by atomic mass is 9.97. The first-order chi connectivity index (χ1) is 10.6. The zero-order valence-electron chi connectivity index (χ0n) is 13.2. The lowest BCUT2D eigenvalue weighted by molar-refractivity contribution is -0.132. The van der Waals surface area contributed by atoms with Gasteiger partial charge in [0.15, 0.2) is 0 Å². The van der Waals surface area contributed by atoms with Gasteiger partial charge >= 0.3 is 0 Å². The van der Waals surface area contributed by atoms with Gasteiger partial charge in [-0.05, 0) is 62.4 Å². The number of halogens is 1. The summed E-state index contributed by atoms with van der Waals surface area (Å²) in [6, 6.07) is 5.61. The summed E-state index contributed by atoms with van der Waals surface area (Å²) < 4.78 is 5.67. The van der Waals surface area contributed by atoms with Crippen LogP contribution in [0.25, 0.3) is 0 Å². The number of rotatable bonds is 6. The van der Waals surface area contributed by atoms with Crippen molar-refractivity contribution in [2.24, 2.45) is 11.7 Å². The minimum atomic E-state index is 0.228. The molecule has 4 nitrogen and oxygen atoms in total. The Labute approximate surface area is 137 Å². The fourth-order valence-electron chi connectivity index (χ4n) is 2.70. The van der Waals surface area contributed by atoms with Crippen molar-refractivity contribution in [3.05, 3.63) is 28.8 Å². The highest BCUT2D eigenvalue weighted by Gasteiger charge is 2.21. The van der Waals surface area contributed by atoms with E-state index in [0.717, 1.165) is 55.2 Å². The van der Waals surface area contributed by atoms with E-state index in [4.69, 9.17) is 22.1 Å². The molecule has 1 aromatic carbocycles. The molecule has 0 aromatic heterocycles. The molecule has 1 aliphatic heterocycles. The number of likely N-dealkylation sites (tertiary alicyclic amines) is 1. The molecule has 0 spiro atoms. The van der Waals surface area contributed by atoms with E-state index in [1.165, 1.54) is 0 Å². The van der Waals surface area contributed by atoms with Gasteiger partial charge in [-0.2, -0.15) is 0 Å². The van der Waals surface area contributed by atoms with Gasteiger partial charge in [-0.25, -0.2) is 0 Å². The fraction of sp³-hybridized carbons (Fsp3) is 0.588. The molecule has 22 heavy (non-hydrogen) atoms. The second kappa shape index (κ2) is 8.39. The molecule has 0 bridgehead atoms. The molecule has 122 valence electrons. The Hall–Kier alpha value is -1.26. The number of aryl methyl sites for hydroxylation is 1. The second-order valence-electron chi connectivity index (χ2n) is 5.92. The SMILES string of the molecule is Cc1cc(OCCCC(=O)N2CCC(CN)CC2)ccc1Cl. The van der Waals surface area contributed by atoms with Gasteiger partial charge < -0.3 is 15.4 Å². The van der Waals surface area contributed by atoms with Crippen molar-refractivity contribution in [2.75, 3.05) is 26.2 Å². The van der Waals surface area contributed by atoms with E-state index >= 15 is 0 Å². The average Bonchev–Trinajstić information content (AvgIpc) is 2.54. The number of ether oxygens (including phenoxy) is 1. The summed E-state index contributed by atoms with van der Waals surface area (Å²) in [5.41, 5.74) is 6.67. The van der Waals surface area contributed by atoms with E-state index in [0.29, 0.717) is 18.9 Å². The zero-order chi connectivity index (χ0) is 15.9. The molecule has 2 rings (SSSR count). The number of hydrogen-bond acceptors (Lipinski definition) is 3. The van der Waals surface area contributed by atoms with Crippen LogP contribution >= 0.6 is 11.6 Å². The summed E-state index contributed by atoms with van der Waals surface area (Å²) in [6.07, 6.45) is 3.34. The van der Waals surface area contributed by atoms with Crippen LogP contribution < -0.4 is 10.5 Å². The Balaban J connectivity index is 1.66. The number of benzene rings is 1. The number of carbonyl (C=O) groups excluding carboxylic acids is 1. The van der Waals surface area contributed by atoms with Crippen molar-refractivity contribution < 1.29 is 9.53 Å². The minimum Gasteiger partial charge on any atom is -0.494 e. The third-order valence-corrected chi connectivity index (χ3v) is 4.66. The summed E-state index contributed by atoms with van der Waals surface area (Å²) in [4.78, 5) is 14.1. The average molecular weight is 325 g/mol. The van der Waals surface area contributed by atoms with Crippen LogP contribution in [0.4, 0.5) is 0 Å². The number of carbonyl (C=O) groups is 1. The molecule has 0 unspecified atom stereocenters. The number of piperidine rings is 1. The highest BCUT2D eigenvalue weighted by atomic mass is 35.5. The van der Waals surface area contributed by atoms with Crippen LogP contribution in [-0.4, -0.2) is 37.0 Å². The van der Waals surface area contributed by atoms with Crippen molar-refractivity contribution in [1.29, 1.82) is 0 Å². The summed E-state index contributed by atoms with van der Waals surface area (Å²) in [5, 5.41) is 0.739. The summed E-state index contributed by atoms with van der Waals surface area (Å²) in [7, 11) is 0. The standard InChI is InChI=1S/C17H25ClN2O2/c1-13-11-15(4-5-16(13)18)22-10-2-3-17(21)20-8-6-14(12-19)7-9-20/h4-5,11,14H,2-3,6-10,12,19H2,1H3. The predicted octanol–water partition coefficient (Wildman–Crippen LogP) is 3.00. The molecule has 1 aliphatic rings. The maximum absolute atomic E-state index is 12.1. The highest BCUT2D eigenvalue weighted by Crippen LogP contribution is 2.21. The van der Waals surface area contributed by atoms with E-state index in [1.807, 2.05) is 30.0 Å². The first kappa shape index (κ1) is 17.1. The number of nitrogens with two attached hydrogens (primary N) is 1. The largest absolute Gasteiger partial charge is 0.494 e. The molecule has 1 heterocycles. The van der Waals surface area contributed by atoms with Crippen LogP contribution in [0.1, 0.15) is 31.2 Å². The van der Waals surface area contributed by atoms with Gasteiger partial charge in [-0.15, -0.1) is 0 Å². The number of hydrogen-bond donors (Lipinski definition) is 1. The van der Waals surface area contributed by atoms with Crippen molar-refractivity contribution in [3.8, 4) is 5.75 Å². The summed E-state index contributed by atoms with van der Waals surface area (Å²) in [5.74, 6) is 1.62. The normalized spacial score (nSPS) is 15.9. The molecule has 0 radical (unpaired) electrons. The van der Waals surface area contributed by atoms with Gasteiger partial charge in [0.05, 0.1) is 6.61 Å². The van der Waals surface area contributed by atoms with Crippen LogP contribution in [0.2, 0.25) is 5.02 Å². The smallest absolute Gasteiger partial charge is 0.222 e. The minimum absolute atomic E-state index is 0.228. The Morgan fingerprint density at radius 2 is 2.14 bits per heavy atom. The van der Waals surface area contributed by atoms with E-state index in [9.17, 15) is 4.79 Å². The van der Waals surface area contributed by atoms with E-state index < -0.39 is 0 Å². The van der Waals surface area contributed by atoms with E-state index in [2.05, 4.69) is 0 Å². The molecule has 1 amide bonds. The van der Waals surface area contributed by atoms with Gasteiger partial charge in [0, 0.05) is 24.5 Å². The number of nitrogens with zero attached hydrogens (tertiary/aromatic N) is 1. The third-order valence-electron chi connectivity index (χ3n) is 4.23. The maximum Gasteiger partial charge on any atom is 0.222 e. The van der Waals surface area contributed by atoms with Gasteiger partial charge in [-0.3, -0.25) is 4.79 Å². The van der Waals surface area contributed by atoms with Gasteiger partial charge in [0.25, 0.3) is 0 Å². The Kier molecular flexibility index (Phi) is 6.52. The van der Waals surface area contributed by atoms with Crippen molar-refractivity contribution >= 4 is 17.5 Å². The highest BCUT2D eigenvalue weighted by molar-refractivity contribution is 6.31. The fourth-order valence-corrected chi connectivity index (χ4v) is 2.81. The van der Waals surface area contributed by atoms with Crippen LogP contribution in [0, 0.1) is 12.8 Å². The summed E-state index contributed by atoms with van der Waals surface area (Å²) in [6.45, 7) is 4.92. The quantitative estimate of drug-likeness (QED) is 0.818. The predicted molar refractivity (Wildman–Crippen MR) is 89.3 cm³/mol. The topological polar surface area (TPSA) is 55.6 Å². The van der Waals surface area contributed by atoms with E-state index in [-0.39, 0.29) is 5.91 Å². The van der Waals surface area contributed by atoms with Crippen molar-refractivity contribution in [2.45, 2.75) is 32.6 Å². The first-order valence-electron chi connectivity index (χ1n) is 7.97. The maximum atomic E-state index is 12.1. The third kappa shape index (κ3) is 4.89. The van der Waals surface area contributed by atoms with Crippen LogP contribution in [0.15, 0.2) is 18.2 Å². The molecular formula is C17H25ClN2O2. The molecule has 5 heteroatoms. The van der Waals surface area contributed by atoms with Gasteiger partial charge in [0.1, 0.15) is 5.75 Å². The monoisotopic (exact) mass is 324 g/mol. The number of amides is 1. The summed E-state index contributed by atoms with van der Waals surface area (Å²) >= 11 is 5.98. The molecular weight excluding hydrogens is 300 g/mol. The van der Waals surface area contributed by atoms with Gasteiger partial charge in [0.2, 0.25) is 5.91 Å². The van der Waals surface area contributed by atoms with Crippen molar-refractivity contribution in [1.82, 2.24) is 4.90 Å².